The average molecular weight is 292 g/mol. The molecule has 0 spiro atoms. The van der Waals surface area contributed by atoms with Crippen LogP contribution in [-0.4, -0.2) is 18.9 Å². The predicted octanol–water partition coefficient (Wildman–Crippen LogP) is 2.92. The van der Waals surface area contributed by atoms with Crippen molar-refractivity contribution < 1.29 is 9.53 Å². The Kier molecular flexibility index (Phi) is 3.74. The van der Waals surface area contributed by atoms with Crippen molar-refractivity contribution in [3.05, 3.63) is 70.9 Å². The number of carbonyl (C=O) groups is 1. The van der Waals surface area contributed by atoms with Gasteiger partial charge in [-0.2, -0.15) is 0 Å². The van der Waals surface area contributed by atoms with Crippen molar-refractivity contribution in [2.24, 2.45) is 4.99 Å². The van der Waals surface area contributed by atoms with Crippen LogP contribution in [0.3, 0.4) is 0 Å². The first-order valence-corrected chi connectivity index (χ1v) is 6.98. The van der Waals surface area contributed by atoms with Gasteiger partial charge >= 0.3 is 0 Å². The van der Waals surface area contributed by atoms with Gasteiger partial charge in [0.15, 0.2) is 0 Å². The van der Waals surface area contributed by atoms with Gasteiger partial charge in [-0.25, -0.2) is 4.99 Å². The number of amidine groups is 1. The summed E-state index contributed by atoms with van der Waals surface area (Å²) in [4.78, 5) is 16.4. The molecule has 0 unspecified atom stereocenters. The van der Waals surface area contributed by atoms with Crippen molar-refractivity contribution in [3.63, 3.8) is 0 Å². The standard InChI is InChI=1S/C18H16N2O2/c1-12-3-5-13(6-4-12)11-16-18(21)20-17(19-16)14-7-9-15(22-2)10-8-14/h3-11H,1-2H3,(H,19,20,21)/b16-11+. The molecule has 0 saturated carbocycles. The fourth-order valence-electron chi connectivity index (χ4n) is 2.17. The maximum absolute atomic E-state index is 12.0. The first-order chi connectivity index (χ1) is 10.7. The summed E-state index contributed by atoms with van der Waals surface area (Å²) in [7, 11) is 1.62. The van der Waals surface area contributed by atoms with E-state index in [4.69, 9.17) is 4.74 Å². The number of ether oxygens (including phenoxy) is 1. The van der Waals surface area contributed by atoms with E-state index in [1.165, 1.54) is 5.56 Å². The molecule has 22 heavy (non-hydrogen) atoms. The topological polar surface area (TPSA) is 50.7 Å². The number of methoxy groups -OCH3 is 1. The zero-order valence-electron chi connectivity index (χ0n) is 12.5. The van der Waals surface area contributed by atoms with E-state index in [9.17, 15) is 4.79 Å². The highest BCUT2D eigenvalue weighted by Crippen LogP contribution is 2.17. The van der Waals surface area contributed by atoms with Crippen molar-refractivity contribution >= 4 is 17.8 Å². The molecular weight excluding hydrogens is 276 g/mol. The van der Waals surface area contributed by atoms with Crippen LogP contribution in [-0.2, 0) is 4.79 Å². The highest BCUT2D eigenvalue weighted by molar-refractivity contribution is 6.19. The molecular formula is C18H16N2O2. The second-order valence-electron chi connectivity index (χ2n) is 5.08. The monoisotopic (exact) mass is 292 g/mol. The number of nitrogens with zero attached hydrogens (tertiary/aromatic N) is 1. The zero-order chi connectivity index (χ0) is 15.5. The molecule has 0 fully saturated rings. The van der Waals surface area contributed by atoms with Gasteiger partial charge in [0.25, 0.3) is 5.91 Å². The molecule has 0 bridgehead atoms. The Hall–Kier alpha value is -2.88. The van der Waals surface area contributed by atoms with E-state index in [0.717, 1.165) is 16.9 Å². The van der Waals surface area contributed by atoms with Crippen LogP contribution in [0.1, 0.15) is 16.7 Å². The van der Waals surface area contributed by atoms with E-state index in [-0.39, 0.29) is 5.91 Å². The number of nitrogens with one attached hydrogen (secondary N) is 1. The van der Waals surface area contributed by atoms with Crippen LogP contribution in [0.5, 0.6) is 5.75 Å². The fraction of sp³-hybridized carbons (Fsp3) is 0.111. The third-order valence-electron chi connectivity index (χ3n) is 3.44. The van der Waals surface area contributed by atoms with Gasteiger partial charge in [0.05, 0.1) is 7.11 Å². The number of benzene rings is 2. The zero-order valence-corrected chi connectivity index (χ0v) is 12.5. The maximum Gasteiger partial charge on any atom is 0.275 e. The molecule has 0 saturated heterocycles. The van der Waals surface area contributed by atoms with Gasteiger partial charge in [0, 0.05) is 5.56 Å². The molecule has 1 aliphatic heterocycles. The molecule has 2 aromatic rings. The van der Waals surface area contributed by atoms with Crippen molar-refractivity contribution in [2.75, 3.05) is 7.11 Å². The van der Waals surface area contributed by atoms with Gasteiger partial charge in [-0.3, -0.25) is 4.79 Å². The average Bonchev–Trinajstić information content (AvgIpc) is 2.91. The van der Waals surface area contributed by atoms with Crippen LogP contribution in [0.4, 0.5) is 0 Å². The number of hydrogen-bond acceptors (Lipinski definition) is 3. The molecule has 1 N–H and O–H groups in total. The van der Waals surface area contributed by atoms with E-state index < -0.39 is 0 Å². The van der Waals surface area contributed by atoms with Gasteiger partial charge in [-0.1, -0.05) is 29.8 Å². The summed E-state index contributed by atoms with van der Waals surface area (Å²) in [5, 5.41) is 2.79. The first-order valence-electron chi connectivity index (χ1n) is 6.98. The molecule has 2 aromatic carbocycles. The Morgan fingerprint density at radius 1 is 1.05 bits per heavy atom. The number of amides is 1. The van der Waals surface area contributed by atoms with Crippen LogP contribution in [0.2, 0.25) is 0 Å². The van der Waals surface area contributed by atoms with Crippen molar-refractivity contribution in [2.45, 2.75) is 6.92 Å². The summed E-state index contributed by atoms with van der Waals surface area (Å²) in [6.07, 6.45) is 1.78. The highest BCUT2D eigenvalue weighted by Gasteiger charge is 2.20. The van der Waals surface area contributed by atoms with Gasteiger partial charge in [-0.15, -0.1) is 0 Å². The van der Waals surface area contributed by atoms with Crippen LogP contribution in [0.15, 0.2) is 59.2 Å². The minimum atomic E-state index is -0.189. The minimum Gasteiger partial charge on any atom is -0.497 e. The van der Waals surface area contributed by atoms with E-state index in [1.807, 2.05) is 55.5 Å². The lowest BCUT2D eigenvalue weighted by atomic mass is 10.1. The van der Waals surface area contributed by atoms with Crippen LogP contribution >= 0.6 is 0 Å². The van der Waals surface area contributed by atoms with E-state index in [0.29, 0.717) is 11.5 Å². The number of aliphatic imine (C=N–C) groups is 1. The molecule has 1 heterocycles. The number of rotatable bonds is 3. The van der Waals surface area contributed by atoms with Crippen molar-refractivity contribution in [1.82, 2.24) is 5.32 Å². The van der Waals surface area contributed by atoms with Crippen molar-refractivity contribution in [1.29, 1.82) is 0 Å². The molecule has 4 heteroatoms. The molecule has 1 aliphatic rings. The Morgan fingerprint density at radius 3 is 2.36 bits per heavy atom. The first kappa shape index (κ1) is 14.1. The van der Waals surface area contributed by atoms with E-state index in [2.05, 4.69) is 10.3 Å². The summed E-state index contributed by atoms with van der Waals surface area (Å²) in [5.41, 5.74) is 3.40. The second-order valence-corrected chi connectivity index (χ2v) is 5.08. The quantitative estimate of drug-likeness (QED) is 0.884. The Morgan fingerprint density at radius 2 is 1.73 bits per heavy atom. The minimum absolute atomic E-state index is 0.189. The van der Waals surface area contributed by atoms with Crippen LogP contribution in [0, 0.1) is 6.92 Å². The van der Waals surface area contributed by atoms with Crippen LogP contribution < -0.4 is 10.1 Å². The maximum atomic E-state index is 12.0. The Labute approximate surface area is 129 Å². The second kappa shape index (κ2) is 5.85. The van der Waals surface area contributed by atoms with Gasteiger partial charge in [-0.05, 0) is 42.8 Å². The summed E-state index contributed by atoms with van der Waals surface area (Å²) in [6, 6.07) is 15.4. The molecule has 1 amide bonds. The molecule has 0 radical (unpaired) electrons. The smallest absolute Gasteiger partial charge is 0.275 e. The molecule has 4 nitrogen and oxygen atoms in total. The lowest BCUT2D eigenvalue weighted by Crippen LogP contribution is -2.24. The summed E-state index contributed by atoms with van der Waals surface area (Å²) in [6.45, 7) is 2.03. The lowest BCUT2D eigenvalue weighted by molar-refractivity contribution is -0.115. The third-order valence-corrected chi connectivity index (χ3v) is 3.44. The van der Waals surface area contributed by atoms with Gasteiger partial charge in [0.2, 0.25) is 0 Å². The lowest BCUT2D eigenvalue weighted by Gasteiger charge is -2.02. The molecule has 0 atom stereocenters. The van der Waals surface area contributed by atoms with Gasteiger partial charge < -0.3 is 10.1 Å². The fourth-order valence-corrected chi connectivity index (χ4v) is 2.17. The molecule has 110 valence electrons. The predicted molar refractivity (Wildman–Crippen MR) is 86.8 cm³/mol. The number of hydrogen-bond donors (Lipinski definition) is 1. The number of carbonyl (C=O) groups excluding carboxylic acids is 1. The summed E-state index contributed by atoms with van der Waals surface area (Å²) >= 11 is 0. The molecule has 0 aromatic heterocycles. The SMILES string of the molecule is COc1ccc(C2=N/C(=C/c3ccc(C)cc3)C(=O)N2)cc1. The highest BCUT2D eigenvalue weighted by atomic mass is 16.5. The van der Waals surface area contributed by atoms with E-state index >= 15 is 0 Å². The van der Waals surface area contributed by atoms with Gasteiger partial charge in [0.1, 0.15) is 17.3 Å². The largest absolute Gasteiger partial charge is 0.497 e. The van der Waals surface area contributed by atoms with E-state index in [1.54, 1.807) is 13.2 Å². The Balaban J connectivity index is 1.88. The normalized spacial score (nSPS) is 15.6. The Bertz CT molecular complexity index is 757. The van der Waals surface area contributed by atoms with Crippen molar-refractivity contribution in [3.8, 4) is 5.75 Å². The molecule has 0 aliphatic carbocycles. The summed E-state index contributed by atoms with van der Waals surface area (Å²) in [5.74, 6) is 1.14. The van der Waals surface area contributed by atoms with Crippen LogP contribution in [0.25, 0.3) is 6.08 Å². The number of aryl methyl sites for hydroxylation is 1. The molecule has 3 rings (SSSR count). The summed E-state index contributed by atoms with van der Waals surface area (Å²) < 4.78 is 5.12. The third kappa shape index (κ3) is 2.91.